The van der Waals surface area contributed by atoms with Gasteiger partial charge in [-0.05, 0) is 18.3 Å². The SMILES string of the molecule is CC1(C)CN(C(=O)C2CCCC2)CC1Br. The van der Waals surface area contributed by atoms with E-state index in [1.54, 1.807) is 0 Å². The van der Waals surface area contributed by atoms with E-state index < -0.39 is 0 Å². The standard InChI is InChI=1S/C12H20BrNO/c1-12(2)8-14(7-10(12)13)11(15)9-5-3-4-6-9/h9-10H,3-8H2,1-2H3. The summed E-state index contributed by atoms with van der Waals surface area (Å²) in [7, 11) is 0. The molecule has 0 aromatic carbocycles. The van der Waals surface area contributed by atoms with Gasteiger partial charge in [-0.25, -0.2) is 0 Å². The van der Waals surface area contributed by atoms with Gasteiger partial charge in [0.1, 0.15) is 0 Å². The van der Waals surface area contributed by atoms with E-state index in [2.05, 4.69) is 34.7 Å². The second kappa shape index (κ2) is 4.08. The van der Waals surface area contributed by atoms with Crippen LogP contribution in [-0.2, 0) is 4.79 Å². The average molecular weight is 274 g/mol. The van der Waals surface area contributed by atoms with Gasteiger partial charge in [-0.3, -0.25) is 4.79 Å². The number of halogens is 1. The highest BCUT2D eigenvalue weighted by atomic mass is 79.9. The zero-order valence-electron chi connectivity index (χ0n) is 9.63. The van der Waals surface area contributed by atoms with Gasteiger partial charge in [0.2, 0.25) is 5.91 Å². The second-order valence-corrected chi connectivity index (χ2v) is 6.76. The lowest BCUT2D eigenvalue weighted by Crippen LogP contribution is -2.34. The highest BCUT2D eigenvalue weighted by Crippen LogP contribution is 2.37. The molecule has 2 nitrogen and oxygen atoms in total. The first-order valence-corrected chi connectivity index (χ1v) is 6.85. The van der Waals surface area contributed by atoms with Crippen LogP contribution in [0, 0.1) is 11.3 Å². The summed E-state index contributed by atoms with van der Waals surface area (Å²) in [5.41, 5.74) is 0.230. The van der Waals surface area contributed by atoms with Crippen LogP contribution in [0.5, 0.6) is 0 Å². The molecule has 2 fully saturated rings. The Labute approximate surface area is 101 Å². The third-order valence-corrected chi connectivity index (χ3v) is 5.37. The molecule has 86 valence electrons. The van der Waals surface area contributed by atoms with Crippen LogP contribution in [0.2, 0.25) is 0 Å². The smallest absolute Gasteiger partial charge is 0.225 e. The number of nitrogens with zero attached hydrogens (tertiary/aromatic N) is 1. The molecule has 1 saturated carbocycles. The molecule has 1 atom stereocenters. The highest BCUT2D eigenvalue weighted by molar-refractivity contribution is 9.09. The predicted octanol–water partition coefficient (Wildman–Crippen LogP) is 2.81. The van der Waals surface area contributed by atoms with Gasteiger partial charge in [-0.2, -0.15) is 0 Å². The average Bonchev–Trinajstić information content (AvgIpc) is 2.74. The van der Waals surface area contributed by atoms with Gasteiger partial charge in [0, 0.05) is 23.8 Å². The van der Waals surface area contributed by atoms with Crippen LogP contribution in [0.1, 0.15) is 39.5 Å². The Balaban J connectivity index is 1.98. The fraction of sp³-hybridized carbons (Fsp3) is 0.917. The van der Waals surface area contributed by atoms with E-state index >= 15 is 0 Å². The van der Waals surface area contributed by atoms with Crippen molar-refractivity contribution in [1.82, 2.24) is 4.90 Å². The van der Waals surface area contributed by atoms with Crippen LogP contribution in [0.25, 0.3) is 0 Å². The maximum Gasteiger partial charge on any atom is 0.225 e. The summed E-state index contributed by atoms with van der Waals surface area (Å²) in [6.07, 6.45) is 4.71. The van der Waals surface area contributed by atoms with Gasteiger partial charge in [0.05, 0.1) is 0 Å². The van der Waals surface area contributed by atoms with Gasteiger partial charge in [-0.1, -0.05) is 42.6 Å². The summed E-state index contributed by atoms with van der Waals surface area (Å²) >= 11 is 3.68. The molecule has 1 unspecified atom stereocenters. The molecule has 0 N–H and O–H groups in total. The predicted molar refractivity (Wildman–Crippen MR) is 65.0 cm³/mol. The fourth-order valence-electron chi connectivity index (χ4n) is 2.69. The van der Waals surface area contributed by atoms with Crippen molar-refractivity contribution in [2.45, 2.75) is 44.4 Å². The van der Waals surface area contributed by atoms with Crippen molar-refractivity contribution in [2.75, 3.05) is 13.1 Å². The molecular weight excluding hydrogens is 254 g/mol. The molecule has 15 heavy (non-hydrogen) atoms. The Morgan fingerprint density at radius 3 is 2.40 bits per heavy atom. The summed E-state index contributed by atoms with van der Waals surface area (Å²) in [5.74, 6) is 0.737. The van der Waals surface area contributed by atoms with Gasteiger partial charge in [0.25, 0.3) is 0 Å². The van der Waals surface area contributed by atoms with Crippen molar-refractivity contribution in [3.63, 3.8) is 0 Å². The lowest BCUT2D eigenvalue weighted by molar-refractivity contribution is -0.134. The molecule has 0 radical (unpaired) electrons. The van der Waals surface area contributed by atoms with Gasteiger partial charge in [-0.15, -0.1) is 0 Å². The minimum absolute atomic E-state index is 0.230. The second-order valence-electron chi connectivity index (χ2n) is 5.66. The van der Waals surface area contributed by atoms with Crippen LogP contribution in [0.4, 0.5) is 0 Å². The Morgan fingerprint density at radius 2 is 1.93 bits per heavy atom. The van der Waals surface area contributed by atoms with Crippen LogP contribution in [-0.4, -0.2) is 28.7 Å². The Morgan fingerprint density at radius 1 is 1.33 bits per heavy atom. The molecule has 1 amide bonds. The van der Waals surface area contributed by atoms with E-state index in [4.69, 9.17) is 0 Å². The van der Waals surface area contributed by atoms with Crippen LogP contribution in [0.15, 0.2) is 0 Å². The number of carbonyl (C=O) groups excluding carboxylic acids is 1. The van der Waals surface area contributed by atoms with E-state index in [-0.39, 0.29) is 5.41 Å². The monoisotopic (exact) mass is 273 g/mol. The number of likely N-dealkylation sites (tertiary alicyclic amines) is 1. The lowest BCUT2D eigenvalue weighted by Gasteiger charge is -2.22. The lowest BCUT2D eigenvalue weighted by atomic mass is 9.93. The minimum atomic E-state index is 0.230. The molecule has 0 spiro atoms. The van der Waals surface area contributed by atoms with Gasteiger partial charge >= 0.3 is 0 Å². The Hall–Kier alpha value is -0.0500. The van der Waals surface area contributed by atoms with E-state index in [1.807, 2.05) is 0 Å². The number of carbonyl (C=O) groups is 1. The van der Waals surface area contributed by atoms with E-state index in [0.29, 0.717) is 16.7 Å². The summed E-state index contributed by atoms with van der Waals surface area (Å²) in [4.78, 5) is 14.7. The van der Waals surface area contributed by atoms with Crippen molar-refractivity contribution in [2.24, 2.45) is 11.3 Å². The molecule has 3 heteroatoms. The third-order valence-electron chi connectivity index (χ3n) is 3.84. The molecule has 2 aliphatic rings. The van der Waals surface area contributed by atoms with Crippen LogP contribution < -0.4 is 0 Å². The zero-order valence-corrected chi connectivity index (χ0v) is 11.2. The van der Waals surface area contributed by atoms with Gasteiger partial charge in [0.15, 0.2) is 0 Å². The van der Waals surface area contributed by atoms with Crippen molar-refractivity contribution in [1.29, 1.82) is 0 Å². The van der Waals surface area contributed by atoms with Crippen molar-refractivity contribution >= 4 is 21.8 Å². The first-order valence-electron chi connectivity index (χ1n) is 5.93. The maximum atomic E-state index is 12.2. The highest BCUT2D eigenvalue weighted by Gasteiger charge is 2.41. The topological polar surface area (TPSA) is 20.3 Å². The largest absolute Gasteiger partial charge is 0.341 e. The van der Waals surface area contributed by atoms with Crippen LogP contribution in [0.3, 0.4) is 0 Å². The van der Waals surface area contributed by atoms with E-state index in [0.717, 1.165) is 25.9 Å². The van der Waals surface area contributed by atoms with E-state index in [1.165, 1.54) is 12.8 Å². The molecular formula is C12H20BrNO. The first kappa shape index (κ1) is 11.4. The number of rotatable bonds is 1. The summed E-state index contributed by atoms with van der Waals surface area (Å²) in [6, 6.07) is 0. The fourth-order valence-corrected chi connectivity index (χ4v) is 3.19. The number of amides is 1. The first-order chi connectivity index (χ1) is 7.00. The third kappa shape index (κ3) is 2.22. The quantitative estimate of drug-likeness (QED) is 0.673. The molecule has 1 aliphatic heterocycles. The molecule has 0 aromatic rings. The summed E-state index contributed by atoms with van der Waals surface area (Å²) < 4.78 is 0. The Bertz CT molecular complexity index is 258. The molecule has 2 rings (SSSR count). The molecule has 1 saturated heterocycles. The number of hydrogen-bond donors (Lipinski definition) is 0. The molecule has 1 aliphatic carbocycles. The number of alkyl halides is 1. The minimum Gasteiger partial charge on any atom is -0.341 e. The summed E-state index contributed by atoms with van der Waals surface area (Å²) in [6.45, 7) is 6.27. The van der Waals surface area contributed by atoms with Crippen molar-refractivity contribution in [3.8, 4) is 0 Å². The Kier molecular flexibility index (Phi) is 3.11. The van der Waals surface area contributed by atoms with Gasteiger partial charge < -0.3 is 4.90 Å². The molecule has 1 heterocycles. The normalized spacial score (nSPS) is 31.1. The molecule has 0 aromatic heterocycles. The van der Waals surface area contributed by atoms with E-state index in [9.17, 15) is 4.79 Å². The van der Waals surface area contributed by atoms with Crippen molar-refractivity contribution in [3.05, 3.63) is 0 Å². The van der Waals surface area contributed by atoms with Crippen LogP contribution >= 0.6 is 15.9 Å². The number of hydrogen-bond acceptors (Lipinski definition) is 1. The maximum absolute atomic E-state index is 12.2. The zero-order chi connectivity index (χ0) is 11.1. The van der Waals surface area contributed by atoms with Crippen molar-refractivity contribution < 1.29 is 4.79 Å². The summed E-state index contributed by atoms with van der Waals surface area (Å²) in [5, 5.41) is 0. The molecule has 0 bridgehead atoms.